The molecule has 4 nitrogen and oxygen atoms in total. The molecule has 0 aromatic heterocycles. The van der Waals surface area contributed by atoms with Crippen molar-refractivity contribution in [1.29, 1.82) is 0 Å². The van der Waals surface area contributed by atoms with Crippen molar-refractivity contribution in [2.75, 3.05) is 19.0 Å². The molecule has 142 valence electrons. The zero-order chi connectivity index (χ0) is 19.4. The average molecular weight is 369 g/mol. The van der Waals surface area contributed by atoms with Gasteiger partial charge in [-0.3, -0.25) is 0 Å². The van der Waals surface area contributed by atoms with Crippen LogP contribution >= 0.6 is 0 Å². The number of hydrogen-bond acceptors (Lipinski definition) is 4. The van der Waals surface area contributed by atoms with E-state index in [0.29, 0.717) is 6.54 Å². The first-order chi connectivity index (χ1) is 12.9. The monoisotopic (exact) mass is 369 g/mol. The first-order valence-corrected chi connectivity index (χ1v) is 8.83. The second-order valence-electron chi connectivity index (χ2n) is 7.03. The number of methoxy groups -OCH3 is 1. The Balaban J connectivity index is 1.82. The molecular weight excluding hydrogens is 345 g/mol. The van der Waals surface area contributed by atoms with Crippen molar-refractivity contribution in [3.8, 4) is 18.1 Å². The summed E-state index contributed by atoms with van der Waals surface area (Å²) in [6.07, 6.45) is 4.72. The number of halogens is 1. The summed E-state index contributed by atoms with van der Waals surface area (Å²) in [5.41, 5.74) is 2.24. The van der Waals surface area contributed by atoms with E-state index in [1.807, 2.05) is 32.0 Å². The smallest absolute Gasteiger partial charge is 0.132 e. The van der Waals surface area contributed by atoms with Gasteiger partial charge in [-0.2, -0.15) is 0 Å². The Morgan fingerprint density at radius 3 is 2.63 bits per heavy atom. The zero-order valence-corrected chi connectivity index (χ0v) is 15.8. The second-order valence-corrected chi connectivity index (χ2v) is 7.03. The Morgan fingerprint density at radius 2 is 1.96 bits per heavy atom. The Labute approximate surface area is 159 Å². The van der Waals surface area contributed by atoms with Crippen molar-refractivity contribution in [3.63, 3.8) is 0 Å². The molecule has 2 unspecified atom stereocenters. The lowest BCUT2D eigenvalue weighted by molar-refractivity contribution is -0.147. The highest BCUT2D eigenvalue weighted by Crippen LogP contribution is 2.43. The Hall–Kier alpha value is -2.55. The summed E-state index contributed by atoms with van der Waals surface area (Å²) < 4.78 is 30.8. The molecule has 0 bridgehead atoms. The van der Waals surface area contributed by atoms with Gasteiger partial charge in [-0.05, 0) is 49.7 Å². The Kier molecular flexibility index (Phi) is 5.69. The van der Waals surface area contributed by atoms with Gasteiger partial charge < -0.3 is 19.5 Å². The third kappa shape index (κ3) is 4.24. The highest BCUT2D eigenvalue weighted by Gasteiger charge is 2.45. The quantitative estimate of drug-likeness (QED) is 0.770. The molecule has 0 fully saturated rings. The van der Waals surface area contributed by atoms with Crippen molar-refractivity contribution < 1.29 is 18.6 Å². The van der Waals surface area contributed by atoms with Crippen molar-refractivity contribution in [3.05, 3.63) is 59.4 Å². The number of terminal acetylenes is 1. The van der Waals surface area contributed by atoms with Gasteiger partial charge in [0.05, 0.1) is 0 Å². The average Bonchev–Trinajstić information content (AvgIpc) is 2.65. The van der Waals surface area contributed by atoms with Gasteiger partial charge in [0.1, 0.15) is 36.0 Å². The number of fused-ring (bicyclic) bond motifs is 1. The molecule has 1 heterocycles. The van der Waals surface area contributed by atoms with Crippen LogP contribution in [0, 0.1) is 18.2 Å². The van der Waals surface area contributed by atoms with Gasteiger partial charge in [-0.25, -0.2) is 4.39 Å². The van der Waals surface area contributed by atoms with Gasteiger partial charge in [0.25, 0.3) is 0 Å². The minimum absolute atomic E-state index is 0.190. The summed E-state index contributed by atoms with van der Waals surface area (Å²) in [5, 5.41) is 3.35. The summed E-state index contributed by atoms with van der Waals surface area (Å²) in [4.78, 5) is 0. The lowest BCUT2D eigenvalue weighted by atomic mass is 9.88. The van der Waals surface area contributed by atoms with Crippen LogP contribution in [0.2, 0.25) is 0 Å². The summed E-state index contributed by atoms with van der Waals surface area (Å²) in [5.74, 6) is 3.02. The summed E-state index contributed by atoms with van der Waals surface area (Å²) in [7, 11) is 1.65. The third-order valence-electron chi connectivity index (χ3n) is 4.66. The highest BCUT2D eigenvalue weighted by molar-refractivity contribution is 5.53. The second kappa shape index (κ2) is 7.99. The van der Waals surface area contributed by atoms with E-state index in [1.165, 1.54) is 12.1 Å². The van der Waals surface area contributed by atoms with Crippen molar-refractivity contribution in [2.45, 2.75) is 38.2 Å². The minimum Gasteiger partial charge on any atom is -0.485 e. The molecule has 2 aromatic carbocycles. The van der Waals surface area contributed by atoms with E-state index < -0.39 is 5.60 Å². The summed E-state index contributed by atoms with van der Waals surface area (Å²) >= 11 is 0. The number of nitrogens with one attached hydrogen (secondary N) is 1. The molecular formula is C22H24FNO3. The van der Waals surface area contributed by atoms with Crippen molar-refractivity contribution in [2.24, 2.45) is 0 Å². The maximum atomic E-state index is 13.0. The van der Waals surface area contributed by atoms with Crippen molar-refractivity contribution >= 4 is 5.69 Å². The van der Waals surface area contributed by atoms with Gasteiger partial charge >= 0.3 is 0 Å². The van der Waals surface area contributed by atoms with Gasteiger partial charge in [-0.15, -0.1) is 6.42 Å². The van der Waals surface area contributed by atoms with E-state index >= 15 is 0 Å². The predicted octanol–water partition coefficient (Wildman–Crippen LogP) is 4.31. The Morgan fingerprint density at radius 1 is 1.22 bits per heavy atom. The van der Waals surface area contributed by atoms with E-state index in [9.17, 15) is 4.39 Å². The molecule has 0 amide bonds. The van der Waals surface area contributed by atoms with Crippen LogP contribution in [0.4, 0.5) is 10.1 Å². The van der Waals surface area contributed by atoms with Crippen LogP contribution < -0.4 is 10.1 Å². The van der Waals surface area contributed by atoms with Crippen LogP contribution in [0.1, 0.15) is 31.1 Å². The van der Waals surface area contributed by atoms with Crippen LogP contribution in [0.25, 0.3) is 0 Å². The Bertz CT molecular complexity index is 826. The number of ether oxygens (including phenoxy) is 3. The normalized spacial score (nSPS) is 20.3. The van der Waals surface area contributed by atoms with Crippen LogP contribution in [-0.2, 0) is 16.0 Å². The SMILES string of the molecule is C#CCOC1C(OC)c2cc(NCc3ccc(F)cc3)ccc2OC1(C)C. The topological polar surface area (TPSA) is 39.7 Å². The van der Waals surface area contributed by atoms with E-state index in [1.54, 1.807) is 19.2 Å². The van der Waals surface area contributed by atoms with Gasteiger partial charge in [-0.1, -0.05) is 18.1 Å². The van der Waals surface area contributed by atoms with E-state index in [4.69, 9.17) is 20.6 Å². The number of anilines is 1. The molecule has 0 spiro atoms. The van der Waals surface area contributed by atoms with E-state index in [0.717, 1.165) is 22.6 Å². The fourth-order valence-corrected chi connectivity index (χ4v) is 3.33. The first kappa shape index (κ1) is 19.2. The number of rotatable bonds is 6. The molecule has 0 radical (unpaired) electrons. The lowest BCUT2D eigenvalue weighted by Gasteiger charge is -2.43. The molecule has 0 aliphatic carbocycles. The zero-order valence-electron chi connectivity index (χ0n) is 15.8. The maximum Gasteiger partial charge on any atom is 0.132 e. The van der Waals surface area contributed by atoms with Gasteiger partial charge in [0.2, 0.25) is 0 Å². The fraction of sp³-hybridized carbons (Fsp3) is 0.364. The maximum absolute atomic E-state index is 13.0. The number of benzene rings is 2. The fourth-order valence-electron chi connectivity index (χ4n) is 3.33. The first-order valence-electron chi connectivity index (χ1n) is 8.83. The number of hydrogen-bond donors (Lipinski definition) is 1. The largest absolute Gasteiger partial charge is 0.485 e. The standard InChI is InChI=1S/C22H24FNO3/c1-5-12-26-21-20(25-4)18-13-17(10-11-19(18)27-22(21,2)3)24-14-15-6-8-16(23)9-7-15/h1,6-11,13,20-21,24H,12,14H2,2-4H3. The molecule has 1 aliphatic heterocycles. The molecule has 0 saturated carbocycles. The summed E-state index contributed by atoms with van der Waals surface area (Å²) in [6, 6.07) is 12.3. The van der Waals surface area contributed by atoms with Crippen LogP contribution in [0.15, 0.2) is 42.5 Å². The van der Waals surface area contributed by atoms with Crippen LogP contribution in [0.3, 0.4) is 0 Å². The molecule has 2 aromatic rings. The lowest BCUT2D eigenvalue weighted by Crippen LogP contribution is -2.50. The van der Waals surface area contributed by atoms with Crippen LogP contribution in [-0.4, -0.2) is 25.4 Å². The molecule has 5 heteroatoms. The van der Waals surface area contributed by atoms with Gasteiger partial charge in [0.15, 0.2) is 0 Å². The highest BCUT2D eigenvalue weighted by atomic mass is 19.1. The third-order valence-corrected chi connectivity index (χ3v) is 4.66. The molecule has 1 N–H and O–H groups in total. The molecule has 0 saturated heterocycles. The van der Waals surface area contributed by atoms with Crippen LogP contribution in [0.5, 0.6) is 5.75 Å². The van der Waals surface area contributed by atoms with Crippen molar-refractivity contribution in [1.82, 2.24) is 0 Å². The molecule has 1 aliphatic rings. The van der Waals surface area contributed by atoms with Gasteiger partial charge in [0, 0.05) is 24.9 Å². The van der Waals surface area contributed by atoms with E-state index in [-0.39, 0.29) is 24.6 Å². The molecule has 2 atom stereocenters. The van der Waals surface area contributed by atoms with E-state index in [2.05, 4.69) is 11.2 Å². The molecule has 3 rings (SSSR count). The predicted molar refractivity (Wildman–Crippen MR) is 103 cm³/mol. The molecule has 27 heavy (non-hydrogen) atoms. The minimum atomic E-state index is -0.576. The summed E-state index contributed by atoms with van der Waals surface area (Å²) in [6.45, 7) is 4.70.